The van der Waals surface area contributed by atoms with Crippen molar-refractivity contribution in [3.05, 3.63) is 47.5 Å². The molecule has 0 radical (unpaired) electrons. The maximum atomic E-state index is 12.2. The van der Waals surface area contributed by atoms with E-state index in [2.05, 4.69) is 4.72 Å². The molecule has 0 bridgehead atoms. The average Bonchev–Trinajstić information content (AvgIpc) is 2.36. The smallest absolute Gasteiger partial charge is 0.294 e. The SMILES string of the molecule is C.Nc1ccc(S(=O)(=O)Nc2cccc(S(=O)(=O)O)c2)c(Cl)c1. The fourth-order valence-electron chi connectivity index (χ4n) is 1.67. The Morgan fingerprint density at radius 2 is 1.70 bits per heavy atom. The van der Waals surface area contributed by atoms with Crippen LogP contribution in [-0.2, 0) is 20.1 Å². The Labute approximate surface area is 139 Å². The lowest BCUT2D eigenvalue weighted by molar-refractivity contribution is 0.483. The van der Waals surface area contributed by atoms with Gasteiger partial charge < -0.3 is 5.73 Å². The fourth-order valence-corrected chi connectivity index (χ4v) is 3.80. The number of benzene rings is 2. The maximum Gasteiger partial charge on any atom is 0.294 e. The third-order valence-corrected chi connectivity index (χ3v) is 5.34. The lowest BCUT2D eigenvalue weighted by Crippen LogP contribution is -2.14. The second-order valence-electron chi connectivity index (χ2n) is 4.30. The van der Waals surface area contributed by atoms with Crippen molar-refractivity contribution in [3.8, 4) is 0 Å². The van der Waals surface area contributed by atoms with Gasteiger partial charge in [-0.05, 0) is 36.4 Å². The van der Waals surface area contributed by atoms with Gasteiger partial charge >= 0.3 is 0 Å². The molecule has 0 heterocycles. The summed E-state index contributed by atoms with van der Waals surface area (Å²) < 4.78 is 57.7. The van der Waals surface area contributed by atoms with Crippen molar-refractivity contribution in [2.75, 3.05) is 10.5 Å². The van der Waals surface area contributed by atoms with Crippen molar-refractivity contribution in [1.82, 2.24) is 0 Å². The molecule has 0 aliphatic rings. The molecule has 0 aliphatic carbocycles. The van der Waals surface area contributed by atoms with Gasteiger partial charge in [0.15, 0.2) is 0 Å². The summed E-state index contributed by atoms with van der Waals surface area (Å²) in [5, 5.41) is -0.0709. The predicted molar refractivity (Wildman–Crippen MR) is 89.7 cm³/mol. The van der Waals surface area contributed by atoms with Crippen molar-refractivity contribution >= 4 is 43.1 Å². The van der Waals surface area contributed by atoms with Gasteiger partial charge in [0.25, 0.3) is 20.1 Å². The summed E-state index contributed by atoms with van der Waals surface area (Å²) in [6.45, 7) is 0. The molecule has 23 heavy (non-hydrogen) atoms. The quantitative estimate of drug-likeness (QED) is 0.554. The Kier molecular flexibility index (Phi) is 5.65. The topological polar surface area (TPSA) is 127 Å². The number of nitrogens with one attached hydrogen (secondary N) is 1. The first-order valence-electron chi connectivity index (χ1n) is 5.75. The summed E-state index contributed by atoms with van der Waals surface area (Å²) >= 11 is 5.85. The molecule has 7 nitrogen and oxygen atoms in total. The number of nitrogen functional groups attached to an aromatic ring is 1. The van der Waals surface area contributed by atoms with Crippen LogP contribution in [0, 0.1) is 0 Å². The molecule has 4 N–H and O–H groups in total. The van der Waals surface area contributed by atoms with E-state index >= 15 is 0 Å². The van der Waals surface area contributed by atoms with E-state index in [9.17, 15) is 16.8 Å². The van der Waals surface area contributed by atoms with Crippen LogP contribution in [0.15, 0.2) is 52.3 Å². The number of nitrogens with two attached hydrogens (primary N) is 1. The van der Waals surface area contributed by atoms with Crippen LogP contribution in [0.1, 0.15) is 7.43 Å². The standard InChI is InChI=1S/C12H11ClN2O5S2.CH4/c13-11-6-8(14)4-5-12(11)21(16,17)15-9-2-1-3-10(7-9)22(18,19)20;/h1-7,15H,14H2,(H,18,19,20);1H4. The van der Waals surface area contributed by atoms with Crippen LogP contribution in [-0.4, -0.2) is 21.4 Å². The van der Waals surface area contributed by atoms with Crippen molar-refractivity contribution in [1.29, 1.82) is 0 Å². The summed E-state index contributed by atoms with van der Waals surface area (Å²) in [5.41, 5.74) is 5.76. The monoisotopic (exact) mass is 378 g/mol. The second-order valence-corrected chi connectivity index (χ2v) is 7.78. The van der Waals surface area contributed by atoms with E-state index in [1.807, 2.05) is 0 Å². The van der Waals surface area contributed by atoms with Crippen LogP contribution in [0.5, 0.6) is 0 Å². The first-order valence-corrected chi connectivity index (χ1v) is 9.05. The highest BCUT2D eigenvalue weighted by molar-refractivity contribution is 7.92. The number of hydrogen-bond donors (Lipinski definition) is 3. The minimum atomic E-state index is -4.44. The highest BCUT2D eigenvalue weighted by Gasteiger charge is 2.19. The van der Waals surface area contributed by atoms with E-state index in [0.717, 1.165) is 12.1 Å². The zero-order valence-corrected chi connectivity index (χ0v) is 13.3. The summed E-state index contributed by atoms with van der Waals surface area (Å²) in [4.78, 5) is -0.642. The molecule has 0 saturated carbocycles. The Morgan fingerprint density at radius 3 is 2.26 bits per heavy atom. The number of anilines is 2. The average molecular weight is 379 g/mol. The van der Waals surface area contributed by atoms with Crippen molar-refractivity contribution in [2.45, 2.75) is 17.2 Å². The summed E-state index contributed by atoms with van der Waals surface area (Å²) in [6.07, 6.45) is 0. The molecule has 0 amide bonds. The van der Waals surface area contributed by atoms with Gasteiger partial charge in [0.05, 0.1) is 15.6 Å². The van der Waals surface area contributed by atoms with Crippen molar-refractivity contribution < 1.29 is 21.4 Å². The highest BCUT2D eigenvalue weighted by Crippen LogP contribution is 2.26. The van der Waals surface area contributed by atoms with Gasteiger partial charge in [-0.15, -0.1) is 0 Å². The molecule has 2 rings (SSSR count). The molecule has 0 unspecified atom stereocenters. The minimum absolute atomic E-state index is 0. The molecule has 10 heteroatoms. The zero-order chi connectivity index (χ0) is 16.5. The molecule has 0 spiro atoms. The second kappa shape index (κ2) is 6.75. The van der Waals surface area contributed by atoms with E-state index in [4.69, 9.17) is 21.9 Å². The molecule has 0 aromatic heterocycles. The number of halogens is 1. The maximum absolute atomic E-state index is 12.2. The van der Waals surface area contributed by atoms with Gasteiger partial charge in [-0.25, -0.2) is 8.42 Å². The minimum Gasteiger partial charge on any atom is -0.399 e. The lowest BCUT2D eigenvalue weighted by atomic mass is 10.3. The Balaban J connectivity index is 0.00000264. The number of sulfonamides is 1. The Hall–Kier alpha value is -1.81. The third kappa shape index (κ3) is 4.58. The molecule has 2 aromatic carbocycles. The number of rotatable bonds is 4. The first kappa shape index (κ1) is 19.2. The van der Waals surface area contributed by atoms with Gasteiger partial charge in [-0.2, -0.15) is 8.42 Å². The lowest BCUT2D eigenvalue weighted by Gasteiger charge is -2.10. The summed E-state index contributed by atoms with van der Waals surface area (Å²) in [6, 6.07) is 8.61. The van der Waals surface area contributed by atoms with E-state index in [-0.39, 0.29) is 23.0 Å². The number of hydrogen-bond acceptors (Lipinski definition) is 5. The first-order chi connectivity index (χ1) is 10.1. The molecule has 2 aromatic rings. The highest BCUT2D eigenvalue weighted by atomic mass is 35.5. The van der Waals surface area contributed by atoms with E-state index < -0.39 is 25.0 Å². The fraction of sp³-hybridized carbons (Fsp3) is 0.0769. The molecular weight excluding hydrogens is 364 g/mol. The van der Waals surface area contributed by atoms with Crippen molar-refractivity contribution in [3.63, 3.8) is 0 Å². The van der Waals surface area contributed by atoms with Crippen molar-refractivity contribution in [2.24, 2.45) is 0 Å². The molecular formula is C13H15ClN2O5S2. The molecule has 0 atom stereocenters. The van der Waals surface area contributed by atoms with Crippen LogP contribution in [0.4, 0.5) is 11.4 Å². The van der Waals surface area contributed by atoms with Crippen LogP contribution in [0.25, 0.3) is 0 Å². The summed E-state index contributed by atoms with van der Waals surface area (Å²) in [7, 11) is -8.47. The summed E-state index contributed by atoms with van der Waals surface area (Å²) in [5.74, 6) is 0. The molecule has 0 saturated heterocycles. The van der Waals surface area contributed by atoms with Gasteiger partial charge in [-0.3, -0.25) is 9.27 Å². The van der Waals surface area contributed by atoms with E-state index in [1.54, 1.807) is 0 Å². The largest absolute Gasteiger partial charge is 0.399 e. The third-order valence-electron chi connectivity index (χ3n) is 2.63. The van der Waals surface area contributed by atoms with Crippen LogP contribution >= 0.6 is 11.6 Å². The zero-order valence-electron chi connectivity index (χ0n) is 10.9. The Bertz CT molecular complexity index is 927. The van der Waals surface area contributed by atoms with Gasteiger partial charge in [-0.1, -0.05) is 25.1 Å². The molecule has 0 aliphatic heterocycles. The van der Waals surface area contributed by atoms with Gasteiger partial charge in [0.1, 0.15) is 4.90 Å². The van der Waals surface area contributed by atoms with E-state index in [1.165, 1.54) is 30.3 Å². The van der Waals surface area contributed by atoms with Crippen LogP contribution in [0.3, 0.4) is 0 Å². The van der Waals surface area contributed by atoms with Crippen LogP contribution in [0.2, 0.25) is 5.02 Å². The van der Waals surface area contributed by atoms with E-state index in [0.29, 0.717) is 5.69 Å². The van der Waals surface area contributed by atoms with Gasteiger partial charge in [0.2, 0.25) is 0 Å². The van der Waals surface area contributed by atoms with Gasteiger partial charge in [0, 0.05) is 5.69 Å². The normalized spacial score (nSPS) is 11.6. The van der Waals surface area contributed by atoms with Crippen LogP contribution < -0.4 is 10.5 Å². The predicted octanol–water partition coefficient (Wildman–Crippen LogP) is 2.61. The molecule has 126 valence electrons. The molecule has 0 fully saturated rings. The Morgan fingerprint density at radius 1 is 1.04 bits per heavy atom.